The smallest absolute Gasteiger partial charge is 0.264 e. The average molecular weight is 389 g/mol. The summed E-state index contributed by atoms with van der Waals surface area (Å²) < 4.78 is 26.7. The van der Waals surface area contributed by atoms with Crippen molar-refractivity contribution in [3.8, 4) is 0 Å². The van der Waals surface area contributed by atoms with E-state index < -0.39 is 16.1 Å². The highest BCUT2D eigenvalue weighted by molar-refractivity contribution is 7.92. The summed E-state index contributed by atoms with van der Waals surface area (Å²) in [4.78, 5) is 12.4. The third-order valence-corrected chi connectivity index (χ3v) is 6.52. The van der Waals surface area contributed by atoms with Crippen molar-refractivity contribution in [2.75, 3.05) is 31.0 Å². The maximum absolute atomic E-state index is 12.7. The Hall–Kier alpha value is -2.42. The summed E-state index contributed by atoms with van der Waals surface area (Å²) in [5, 5.41) is 15.6. The van der Waals surface area contributed by atoms with Crippen molar-refractivity contribution in [1.82, 2.24) is 10.6 Å². The van der Waals surface area contributed by atoms with Gasteiger partial charge in [-0.3, -0.25) is 9.10 Å². The zero-order valence-corrected chi connectivity index (χ0v) is 15.8. The van der Waals surface area contributed by atoms with Gasteiger partial charge in [-0.2, -0.15) is 0 Å². The first kappa shape index (κ1) is 19.3. The second-order valence-corrected chi connectivity index (χ2v) is 8.50. The van der Waals surface area contributed by atoms with Gasteiger partial charge < -0.3 is 15.7 Å². The van der Waals surface area contributed by atoms with Crippen LogP contribution in [0, 0.1) is 5.92 Å². The first-order chi connectivity index (χ1) is 12.9. The quantitative estimate of drug-likeness (QED) is 0.680. The van der Waals surface area contributed by atoms with E-state index in [1.165, 1.54) is 35.6 Å². The number of β-amino-alcohol motifs (C(OH)–C–C–N with tert-alkyl or cyclic N) is 1. The van der Waals surface area contributed by atoms with Crippen LogP contribution in [0.15, 0.2) is 59.5 Å². The number of aliphatic hydroxyl groups is 1. The number of carbonyl (C=O) groups is 1. The molecule has 144 valence electrons. The molecule has 2 unspecified atom stereocenters. The topological polar surface area (TPSA) is 98.7 Å². The SMILES string of the molecule is CN(c1ccccc1)S(=O)(=O)c1ccc(C(=O)NCC2CNCC2O)cc1. The van der Waals surface area contributed by atoms with E-state index in [1.54, 1.807) is 24.3 Å². The molecule has 7 nitrogen and oxygen atoms in total. The van der Waals surface area contributed by atoms with Gasteiger partial charge in [-0.15, -0.1) is 0 Å². The Bertz CT molecular complexity index is 885. The van der Waals surface area contributed by atoms with Crippen LogP contribution in [0.3, 0.4) is 0 Å². The van der Waals surface area contributed by atoms with Gasteiger partial charge in [-0.05, 0) is 36.4 Å². The second-order valence-electron chi connectivity index (χ2n) is 6.53. The van der Waals surface area contributed by atoms with Crippen molar-refractivity contribution in [2.45, 2.75) is 11.0 Å². The maximum atomic E-state index is 12.7. The van der Waals surface area contributed by atoms with Gasteiger partial charge in [0.1, 0.15) is 0 Å². The van der Waals surface area contributed by atoms with Crippen LogP contribution in [0.25, 0.3) is 0 Å². The van der Waals surface area contributed by atoms with Gasteiger partial charge in [-0.1, -0.05) is 18.2 Å². The number of carbonyl (C=O) groups excluding carboxylic acids is 1. The van der Waals surface area contributed by atoms with E-state index in [0.717, 1.165) is 0 Å². The molecule has 3 N–H and O–H groups in total. The van der Waals surface area contributed by atoms with Crippen LogP contribution >= 0.6 is 0 Å². The highest BCUT2D eigenvalue weighted by Crippen LogP contribution is 2.22. The predicted octanol–water partition coefficient (Wildman–Crippen LogP) is 0.822. The molecule has 1 saturated heterocycles. The minimum atomic E-state index is -3.71. The van der Waals surface area contributed by atoms with E-state index in [9.17, 15) is 18.3 Å². The number of benzene rings is 2. The lowest BCUT2D eigenvalue weighted by Crippen LogP contribution is -2.34. The van der Waals surface area contributed by atoms with Crippen molar-refractivity contribution in [3.05, 3.63) is 60.2 Å². The monoisotopic (exact) mass is 389 g/mol. The van der Waals surface area contributed by atoms with Gasteiger partial charge in [0.25, 0.3) is 15.9 Å². The van der Waals surface area contributed by atoms with Crippen molar-refractivity contribution in [3.63, 3.8) is 0 Å². The molecule has 0 aromatic heterocycles. The average Bonchev–Trinajstić information content (AvgIpc) is 3.11. The molecule has 2 aromatic carbocycles. The number of amides is 1. The number of rotatable bonds is 6. The molecule has 0 bridgehead atoms. The molecule has 3 rings (SSSR count). The zero-order chi connectivity index (χ0) is 19.4. The lowest BCUT2D eigenvalue weighted by atomic mass is 10.1. The number of nitrogens with zero attached hydrogens (tertiary/aromatic N) is 1. The number of hydrogen-bond acceptors (Lipinski definition) is 5. The number of aliphatic hydroxyl groups excluding tert-OH is 1. The lowest BCUT2D eigenvalue weighted by molar-refractivity contribution is 0.0927. The molecule has 27 heavy (non-hydrogen) atoms. The van der Waals surface area contributed by atoms with Crippen molar-refractivity contribution >= 4 is 21.6 Å². The fraction of sp³-hybridized carbons (Fsp3) is 0.316. The van der Waals surface area contributed by atoms with Gasteiger partial charge >= 0.3 is 0 Å². The lowest BCUT2D eigenvalue weighted by Gasteiger charge is -2.19. The van der Waals surface area contributed by atoms with E-state index in [1.807, 2.05) is 6.07 Å². The van der Waals surface area contributed by atoms with Crippen LogP contribution in [0.5, 0.6) is 0 Å². The van der Waals surface area contributed by atoms with Crippen LogP contribution < -0.4 is 14.9 Å². The third-order valence-electron chi connectivity index (χ3n) is 4.72. The third kappa shape index (κ3) is 4.29. The van der Waals surface area contributed by atoms with Gasteiger partial charge in [0.15, 0.2) is 0 Å². The summed E-state index contributed by atoms with van der Waals surface area (Å²) in [5.74, 6) is -0.317. The molecule has 0 spiro atoms. The summed E-state index contributed by atoms with van der Waals surface area (Å²) in [6.45, 7) is 1.55. The Labute approximate surface area is 159 Å². The fourth-order valence-corrected chi connectivity index (χ4v) is 4.16. The summed E-state index contributed by atoms with van der Waals surface area (Å²) in [6, 6.07) is 14.6. The first-order valence-electron chi connectivity index (χ1n) is 8.70. The normalized spacial score (nSPS) is 19.6. The Balaban J connectivity index is 1.68. The van der Waals surface area contributed by atoms with E-state index in [4.69, 9.17) is 0 Å². The molecule has 1 aliphatic rings. The molecule has 1 fully saturated rings. The zero-order valence-electron chi connectivity index (χ0n) is 15.0. The minimum Gasteiger partial charge on any atom is -0.391 e. The van der Waals surface area contributed by atoms with E-state index in [-0.39, 0.29) is 16.7 Å². The standard InChI is InChI=1S/C19H23N3O4S/c1-22(16-5-3-2-4-6-16)27(25,26)17-9-7-14(8-10-17)19(24)21-12-15-11-20-13-18(15)23/h2-10,15,18,20,23H,11-13H2,1H3,(H,21,24). The number of hydrogen-bond donors (Lipinski definition) is 3. The highest BCUT2D eigenvalue weighted by Gasteiger charge is 2.25. The van der Waals surface area contributed by atoms with Crippen LogP contribution in [-0.4, -0.2) is 52.2 Å². The molecule has 2 atom stereocenters. The Kier molecular flexibility index (Phi) is 5.79. The molecule has 1 amide bonds. The van der Waals surface area contributed by atoms with E-state index in [0.29, 0.717) is 30.9 Å². The summed E-state index contributed by atoms with van der Waals surface area (Å²) in [7, 11) is -2.21. The van der Waals surface area contributed by atoms with Gasteiger partial charge in [0.05, 0.1) is 16.7 Å². The van der Waals surface area contributed by atoms with Gasteiger partial charge in [0, 0.05) is 38.2 Å². The number of para-hydroxylation sites is 1. The Morgan fingerprint density at radius 1 is 1.15 bits per heavy atom. The van der Waals surface area contributed by atoms with Crippen LogP contribution in [0.2, 0.25) is 0 Å². The number of sulfonamides is 1. The molecular weight excluding hydrogens is 366 g/mol. The summed E-state index contributed by atoms with van der Waals surface area (Å²) in [6.07, 6.45) is -0.466. The number of nitrogens with one attached hydrogen (secondary N) is 2. The van der Waals surface area contributed by atoms with Crippen molar-refractivity contribution < 1.29 is 18.3 Å². The van der Waals surface area contributed by atoms with E-state index >= 15 is 0 Å². The van der Waals surface area contributed by atoms with Crippen molar-refractivity contribution in [1.29, 1.82) is 0 Å². The summed E-state index contributed by atoms with van der Waals surface area (Å²) >= 11 is 0. The molecule has 8 heteroatoms. The second kappa shape index (κ2) is 8.08. The molecule has 0 radical (unpaired) electrons. The molecule has 0 aliphatic carbocycles. The predicted molar refractivity (Wildman–Crippen MR) is 103 cm³/mol. The number of anilines is 1. The molecule has 1 heterocycles. The Morgan fingerprint density at radius 2 is 1.81 bits per heavy atom. The first-order valence-corrected chi connectivity index (χ1v) is 10.1. The fourth-order valence-electron chi connectivity index (χ4n) is 2.97. The summed E-state index contributed by atoms with van der Waals surface area (Å²) in [5.41, 5.74) is 0.930. The maximum Gasteiger partial charge on any atom is 0.264 e. The molecule has 0 saturated carbocycles. The Morgan fingerprint density at radius 3 is 2.41 bits per heavy atom. The van der Waals surface area contributed by atoms with E-state index in [2.05, 4.69) is 10.6 Å². The molecular formula is C19H23N3O4S. The molecule has 2 aromatic rings. The largest absolute Gasteiger partial charge is 0.391 e. The highest BCUT2D eigenvalue weighted by atomic mass is 32.2. The van der Waals surface area contributed by atoms with Crippen LogP contribution in [0.4, 0.5) is 5.69 Å². The van der Waals surface area contributed by atoms with Gasteiger partial charge in [-0.25, -0.2) is 8.42 Å². The molecule has 1 aliphatic heterocycles. The van der Waals surface area contributed by atoms with Crippen molar-refractivity contribution in [2.24, 2.45) is 5.92 Å². The van der Waals surface area contributed by atoms with Crippen LogP contribution in [0.1, 0.15) is 10.4 Å². The minimum absolute atomic E-state index is 0.0203. The van der Waals surface area contributed by atoms with Crippen LogP contribution in [-0.2, 0) is 10.0 Å². The van der Waals surface area contributed by atoms with Gasteiger partial charge in [0.2, 0.25) is 0 Å².